The van der Waals surface area contributed by atoms with Crippen LogP contribution in [0.15, 0.2) is 35.8 Å². The van der Waals surface area contributed by atoms with Crippen molar-refractivity contribution in [2.24, 2.45) is 0 Å². The van der Waals surface area contributed by atoms with Gasteiger partial charge in [-0.25, -0.2) is 4.98 Å². The van der Waals surface area contributed by atoms with Crippen molar-refractivity contribution in [3.05, 3.63) is 47.0 Å². The fourth-order valence-electron chi connectivity index (χ4n) is 3.41. The van der Waals surface area contributed by atoms with Gasteiger partial charge in [-0.2, -0.15) is 0 Å². The predicted octanol–water partition coefficient (Wildman–Crippen LogP) is 4.12. The Bertz CT molecular complexity index is 722. The quantitative estimate of drug-likeness (QED) is 0.831. The Kier molecular flexibility index (Phi) is 6.39. The number of anilines is 1. The maximum Gasteiger partial charge on any atom is 0.254 e. The molecule has 26 heavy (non-hydrogen) atoms. The summed E-state index contributed by atoms with van der Waals surface area (Å²) in [6, 6.07) is 7.85. The van der Waals surface area contributed by atoms with Gasteiger partial charge >= 0.3 is 0 Å². The van der Waals surface area contributed by atoms with E-state index in [0.717, 1.165) is 32.1 Å². The van der Waals surface area contributed by atoms with Gasteiger partial charge in [-0.1, -0.05) is 38.3 Å². The first kappa shape index (κ1) is 18.6. The summed E-state index contributed by atoms with van der Waals surface area (Å²) >= 11 is 1.38. The van der Waals surface area contributed by atoms with Gasteiger partial charge in [-0.05, 0) is 37.0 Å². The monoisotopic (exact) mass is 371 g/mol. The number of nitrogens with zero attached hydrogens (tertiary/aromatic N) is 2. The van der Waals surface area contributed by atoms with Crippen molar-refractivity contribution in [1.82, 2.24) is 9.88 Å². The summed E-state index contributed by atoms with van der Waals surface area (Å²) < 4.78 is 0. The highest BCUT2D eigenvalue weighted by Crippen LogP contribution is 2.24. The second-order valence-electron chi connectivity index (χ2n) is 6.66. The molecule has 1 aromatic heterocycles. The van der Waals surface area contributed by atoms with E-state index < -0.39 is 0 Å². The van der Waals surface area contributed by atoms with Crippen molar-refractivity contribution in [1.29, 1.82) is 0 Å². The molecule has 2 amide bonds. The van der Waals surface area contributed by atoms with Gasteiger partial charge in [0.1, 0.15) is 6.54 Å². The lowest BCUT2D eigenvalue weighted by atomic mass is 9.93. The number of nitrogens with one attached hydrogen (secondary N) is 1. The minimum absolute atomic E-state index is 0.0613. The number of carbonyl (C=O) groups excluding carboxylic acids is 2. The topological polar surface area (TPSA) is 62.3 Å². The largest absolute Gasteiger partial charge is 0.326 e. The summed E-state index contributed by atoms with van der Waals surface area (Å²) in [6.07, 6.45) is 7.94. The van der Waals surface area contributed by atoms with Crippen LogP contribution in [-0.4, -0.2) is 34.3 Å². The molecule has 0 bridgehead atoms. The van der Waals surface area contributed by atoms with E-state index in [-0.39, 0.29) is 24.4 Å². The highest BCUT2D eigenvalue weighted by Gasteiger charge is 2.28. The van der Waals surface area contributed by atoms with Crippen molar-refractivity contribution >= 4 is 28.3 Å². The minimum atomic E-state index is -0.191. The van der Waals surface area contributed by atoms with Gasteiger partial charge in [-0.15, -0.1) is 11.3 Å². The normalized spacial score (nSPS) is 14.8. The Balaban J connectivity index is 1.75. The first-order valence-electron chi connectivity index (χ1n) is 9.26. The molecular weight excluding hydrogens is 346 g/mol. The van der Waals surface area contributed by atoms with Gasteiger partial charge in [0.2, 0.25) is 5.91 Å². The molecule has 0 unspecified atom stereocenters. The Labute approximate surface area is 158 Å². The second kappa shape index (κ2) is 8.94. The van der Waals surface area contributed by atoms with Crippen molar-refractivity contribution in [2.45, 2.75) is 51.5 Å². The lowest BCUT2D eigenvalue weighted by Crippen LogP contribution is -2.45. The van der Waals surface area contributed by atoms with E-state index in [2.05, 4.69) is 17.2 Å². The number of hydrogen-bond donors (Lipinski definition) is 1. The molecule has 1 aliphatic rings. The molecular formula is C20H25N3O2S. The molecule has 2 aromatic rings. The summed E-state index contributed by atoms with van der Waals surface area (Å²) in [5, 5.41) is 5.17. The van der Waals surface area contributed by atoms with Crippen LogP contribution in [0.1, 0.15) is 54.9 Å². The highest BCUT2D eigenvalue weighted by atomic mass is 32.1. The van der Waals surface area contributed by atoms with E-state index in [4.69, 9.17) is 0 Å². The van der Waals surface area contributed by atoms with Gasteiger partial charge in [0.25, 0.3) is 5.91 Å². The Hall–Kier alpha value is -2.21. The first-order chi connectivity index (χ1) is 12.7. The van der Waals surface area contributed by atoms with Crippen molar-refractivity contribution in [3.8, 4) is 0 Å². The molecule has 0 saturated heterocycles. The van der Waals surface area contributed by atoms with E-state index in [1.54, 1.807) is 11.1 Å². The fourth-order valence-corrected chi connectivity index (χ4v) is 3.95. The van der Waals surface area contributed by atoms with E-state index in [9.17, 15) is 9.59 Å². The van der Waals surface area contributed by atoms with E-state index in [1.807, 2.05) is 29.6 Å². The zero-order valence-corrected chi connectivity index (χ0v) is 15.9. The van der Waals surface area contributed by atoms with Crippen LogP contribution in [0, 0.1) is 0 Å². The highest BCUT2D eigenvalue weighted by molar-refractivity contribution is 7.13. The van der Waals surface area contributed by atoms with Crippen molar-refractivity contribution in [2.75, 3.05) is 11.9 Å². The van der Waals surface area contributed by atoms with E-state index in [0.29, 0.717) is 10.7 Å². The number of rotatable bonds is 6. The molecule has 3 rings (SSSR count). The Morgan fingerprint density at radius 3 is 2.54 bits per heavy atom. The maximum atomic E-state index is 13.1. The molecule has 0 spiro atoms. The predicted molar refractivity (Wildman–Crippen MR) is 104 cm³/mol. The van der Waals surface area contributed by atoms with Gasteiger partial charge in [0.15, 0.2) is 5.13 Å². The summed E-state index contributed by atoms with van der Waals surface area (Å²) in [6.45, 7) is 2.16. The summed E-state index contributed by atoms with van der Waals surface area (Å²) in [5.41, 5.74) is 1.85. The summed E-state index contributed by atoms with van der Waals surface area (Å²) in [4.78, 5) is 31.4. The van der Waals surface area contributed by atoms with Crippen LogP contribution in [-0.2, 0) is 11.2 Å². The number of thiazole rings is 1. The Morgan fingerprint density at radius 2 is 1.92 bits per heavy atom. The van der Waals surface area contributed by atoms with Crippen molar-refractivity contribution < 1.29 is 9.59 Å². The first-order valence-corrected chi connectivity index (χ1v) is 10.1. The summed E-state index contributed by atoms with van der Waals surface area (Å²) in [5.74, 6) is -0.252. The molecule has 1 fully saturated rings. The number of carbonyl (C=O) groups is 2. The zero-order valence-electron chi connectivity index (χ0n) is 15.1. The number of aromatic nitrogens is 1. The molecule has 1 aliphatic carbocycles. The average molecular weight is 372 g/mol. The third-order valence-electron chi connectivity index (χ3n) is 4.88. The van der Waals surface area contributed by atoms with Crippen LogP contribution >= 0.6 is 11.3 Å². The van der Waals surface area contributed by atoms with Gasteiger partial charge in [0.05, 0.1) is 0 Å². The Morgan fingerprint density at radius 1 is 1.19 bits per heavy atom. The number of aryl methyl sites for hydroxylation is 1. The second-order valence-corrected chi connectivity index (χ2v) is 7.56. The third-order valence-corrected chi connectivity index (χ3v) is 5.57. The molecule has 5 nitrogen and oxygen atoms in total. The van der Waals surface area contributed by atoms with Gasteiger partial charge < -0.3 is 10.2 Å². The molecule has 1 N–H and O–H groups in total. The van der Waals surface area contributed by atoms with E-state index >= 15 is 0 Å². The van der Waals surface area contributed by atoms with Crippen LogP contribution in [0.3, 0.4) is 0 Å². The number of hydrogen-bond acceptors (Lipinski definition) is 4. The van der Waals surface area contributed by atoms with Crippen molar-refractivity contribution in [3.63, 3.8) is 0 Å². The van der Waals surface area contributed by atoms with Gasteiger partial charge in [0, 0.05) is 23.2 Å². The molecule has 1 heterocycles. The molecule has 6 heteroatoms. The van der Waals surface area contributed by atoms with Crippen LogP contribution in [0.5, 0.6) is 0 Å². The minimum Gasteiger partial charge on any atom is -0.326 e. The molecule has 138 valence electrons. The van der Waals surface area contributed by atoms with Crippen LogP contribution < -0.4 is 5.32 Å². The third kappa shape index (κ3) is 4.69. The lowest BCUT2D eigenvalue weighted by molar-refractivity contribution is -0.117. The fraction of sp³-hybridized carbons (Fsp3) is 0.450. The lowest BCUT2D eigenvalue weighted by Gasteiger charge is -2.34. The van der Waals surface area contributed by atoms with Crippen LogP contribution in [0.2, 0.25) is 0 Å². The molecule has 1 saturated carbocycles. The molecule has 0 aliphatic heterocycles. The number of amides is 2. The van der Waals surface area contributed by atoms with E-state index in [1.165, 1.54) is 23.3 Å². The molecule has 0 radical (unpaired) electrons. The SMILES string of the molecule is CCc1ccc(C(=O)N(CC(=O)Nc2nccs2)C2CCCCC2)cc1. The number of benzene rings is 1. The zero-order chi connectivity index (χ0) is 18.4. The molecule has 0 atom stereocenters. The average Bonchev–Trinajstić information content (AvgIpc) is 3.19. The van der Waals surface area contributed by atoms with Crippen LogP contribution in [0.25, 0.3) is 0 Å². The standard InChI is InChI=1S/C20H25N3O2S/c1-2-15-8-10-16(11-9-15)19(25)23(17-6-4-3-5-7-17)14-18(24)22-20-21-12-13-26-20/h8-13,17H,2-7,14H2,1H3,(H,21,22,24). The summed E-state index contributed by atoms with van der Waals surface area (Å²) in [7, 11) is 0. The maximum absolute atomic E-state index is 13.1. The van der Waals surface area contributed by atoms with Crippen LogP contribution in [0.4, 0.5) is 5.13 Å². The molecule has 1 aromatic carbocycles. The smallest absolute Gasteiger partial charge is 0.254 e. The van der Waals surface area contributed by atoms with Gasteiger partial charge in [-0.3, -0.25) is 9.59 Å².